The van der Waals surface area contributed by atoms with Gasteiger partial charge >= 0.3 is 0 Å². The fraction of sp³-hybridized carbons (Fsp3) is 0.385. The highest BCUT2D eigenvalue weighted by Crippen LogP contribution is 2.40. The molecule has 2 N–H and O–H groups in total. The fourth-order valence-corrected chi connectivity index (χ4v) is 4.57. The summed E-state index contributed by atoms with van der Waals surface area (Å²) >= 11 is 0. The topological polar surface area (TPSA) is 61.0 Å². The molecular weight excluding hydrogens is 384 g/mol. The second-order valence-electron chi connectivity index (χ2n) is 8.72. The Morgan fingerprint density at radius 3 is 2.77 bits per heavy atom. The molecule has 1 atom stereocenters. The average Bonchev–Trinajstić information content (AvgIpc) is 3.57. The molecule has 0 aliphatic heterocycles. The average molecular weight is 415 g/mol. The fourth-order valence-electron chi connectivity index (χ4n) is 4.57. The van der Waals surface area contributed by atoms with E-state index in [0.717, 1.165) is 36.8 Å². The Balaban J connectivity index is 1.31. The molecule has 0 spiro atoms. The third-order valence-electron chi connectivity index (χ3n) is 6.46. The summed E-state index contributed by atoms with van der Waals surface area (Å²) in [6, 6.07) is 16.9. The van der Waals surface area contributed by atoms with Crippen LogP contribution in [0.25, 0.3) is 11.0 Å². The zero-order valence-corrected chi connectivity index (χ0v) is 18.1. The van der Waals surface area contributed by atoms with Crippen LogP contribution in [0.4, 0.5) is 0 Å². The normalized spacial score (nSPS) is 18.6. The molecule has 31 heavy (non-hydrogen) atoms. The summed E-state index contributed by atoms with van der Waals surface area (Å²) in [5.74, 6) is 1.12. The standard InChI is InChI=1S/C26H30N4O/c1-2-30(22-10-6-9-21(16-22)27-17-18-7-4-3-5-8-18)26(31)25-28-23-14-13-20(19-11-12-19)15-24(23)29-25/h3-5,7-8,13-16,19,22,27H,2,6,9-12,17H2,1H3,(H,28,29)/t22-/m0/s1. The van der Waals surface area contributed by atoms with Crippen molar-refractivity contribution in [2.75, 3.05) is 6.54 Å². The Kier molecular flexibility index (Phi) is 5.49. The van der Waals surface area contributed by atoms with Crippen molar-refractivity contribution in [2.45, 2.75) is 57.5 Å². The van der Waals surface area contributed by atoms with E-state index < -0.39 is 0 Å². The van der Waals surface area contributed by atoms with Gasteiger partial charge in [-0.15, -0.1) is 0 Å². The Hall–Kier alpha value is -3.08. The van der Waals surface area contributed by atoms with Crippen molar-refractivity contribution in [1.82, 2.24) is 20.2 Å². The van der Waals surface area contributed by atoms with Gasteiger partial charge < -0.3 is 15.2 Å². The number of H-pyrrole nitrogens is 1. The maximum Gasteiger partial charge on any atom is 0.290 e. The van der Waals surface area contributed by atoms with E-state index in [1.54, 1.807) is 0 Å². The van der Waals surface area contributed by atoms with E-state index in [0.29, 0.717) is 18.3 Å². The van der Waals surface area contributed by atoms with Gasteiger partial charge in [-0.25, -0.2) is 4.98 Å². The van der Waals surface area contributed by atoms with Crippen molar-refractivity contribution < 1.29 is 4.79 Å². The monoisotopic (exact) mass is 414 g/mol. The summed E-state index contributed by atoms with van der Waals surface area (Å²) < 4.78 is 0. The summed E-state index contributed by atoms with van der Waals surface area (Å²) in [5.41, 5.74) is 5.68. The molecule has 2 aliphatic carbocycles. The van der Waals surface area contributed by atoms with Crippen LogP contribution in [0.5, 0.6) is 0 Å². The van der Waals surface area contributed by atoms with E-state index in [2.05, 4.69) is 57.8 Å². The first-order chi connectivity index (χ1) is 15.2. The second-order valence-corrected chi connectivity index (χ2v) is 8.72. The lowest BCUT2D eigenvalue weighted by molar-refractivity contribution is 0.0700. The van der Waals surface area contributed by atoms with Gasteiger partial charge in [0.05, 0.1) is 17.1 Å². The van der Waals surface area contributed by atoms with Crippen LogP contribution in [0.1, 0.15) is 66.7 Å². The molecule has 5 rings (SSSR count). The number of fused-ring (bicyclic) bond motifs is 1. The molecule has 5 heteroatoms. The molecule has 2 aromatic carbocycles. The van der Waals surface area contributed by atoms with Crippen molar-refractivity contribution in [3.05, 3.63) is 77.3 Å². The molecule has 0 bridgehead atoms. The van der Waals surface area contributed by atoms with E-state index in [1.165, 1.54) is 29.7 Å². The molecule has 0 radical (unpaired) electrons. The number of carbonyl (C=O) groups excluding carboxylic acids is 1. The lowest BCUT2D eigenvalue weighted by Crippen LogP contribution is -2.41. The number of aromatic amines is 1. The predicted molar refractivity (Wildman–Crippen MR) is 124 cm³/mol. The smallest absolute Gasteiger partial charge is 0.290 e. The summed E-state index contributed by atoms with van der Waals surface area (Å²) in [4.78, 5) is 23.2. The molecule has 1 aromatic heterocycles. The first kappa shape index (κ1) is 19.9. The van der Waals surface area contributed by atoms with E-state index in [-0.39, 0.29) is 11.9 Å². The molecule has 1 saturated carbocycles. The predicted octanol–water partition coefficient (Wildman–Crippen LogP) is 5.13. The SMILES string of the molecule is CCN(C(=O)c1nc2ccc(C3CC3)cc2[nH]1)[C@@H]1C=C(NCc2ccccc2)CCC1. The minimum absolute atomic E-state index is 0.0165. The van der Waals surface area contributed by atoms with Crippen LogP contribution in [-0.2, 0) is 6.54 Å². The summed E-state index contributed by atoms with van der Waals surface area (Å²) in [6.07, 6.45) is 7.87. The number of nitrogens with one attached hydrogen (secondary N) is 2. The van der Waals surface area contributed by atoms with Crippen molar-refractivity contribution in [3.8, 4) is 0 Å². The number of carbonyl (C=O) groups is 1. The van der Waals surface area contributed by atoms with Gasteiger partial charge in [-0.2, -0.15) is 0 Å². The van der Waals surface area contributed by atoms with Crippen LogP contribution < -0.4 is 5.32 Å². The minimum atomic E-state index is -0.0165. The largest absolute Gasteiger partial charge is 0.384 e. The van der Waals surface area contributed by atoms with E-state index >= 15 is 0 Å². The molecule has 2 aliphatic rings. The maximum atomic E-state index is 13.3. The number of amides is 1. The van der Waals surface area contributed by atoms with Crippen molar-refractivity contribution in [2.24, 2.45) is 0 Å². The number of rotatable bonds is 7. The molecule has 3 aromatic rings. The van der Waals surface area contributed by atoms with Crippen LogP contribution in [0.2, 0.25) is 0 Å². The maximum absolute atomic E-state index is 13.3. The summed E-state index contributed by atoms with van der Waals surface area (Å²) in [7, 11) is 0. The highest BCUT2D eigenvalue weighted by Gasteiger charge is 2.27. The number of imidazole rings is 1. The van der Waals surface area contributed by atoms with Gasteiger partial charge in [-0.05, 0) is 74.3 Å². The molecule has 0 unspecified atom stereocenters. The number of allylic oxidation sites excluding steroid dienone is 1. The summed E-state index contributed by atoms with van der Waals surface area (Å²) in [6.45, 7) is 3.52. The molecule has 1 fully saturated rings. The number of hydrogen-bond donors (Lipinski definition) is 2. The van der Waals surface area contributed by atoms with Crippen molar-refractivity contribution >= 4 is 16.9 Å². The number of hydrogen-bond acceptors (Lipinski definition) is 3. The quantitative estimate of drug-likeness (QED) is 0.563. The molecule has 0 saturated heterocycles. The van der Waals surface area contributed by atoms with Gasteiger partial charge in [0, 0.05) is 18.8 Å². The van der Waals surface area contributed by atoms with E-state index in [9.17, 15) is 4.79 Å². The Morgan fingerprint density at radius 2 is 2.00 bits per heavy atom. The molecule has 1 heterocycles. The lowest BCUT2D eigenvalue weighted by atomic mass is 9.98. The second kappa shape index (κ2) is 8.58. The highest BCUT2D eigenvalue weighted by molar-refractivity contribution is 5.94. The zero-order chi connectivity index (χ0) is 21.2. The van der Waals surface area contributed by atoms with Gasteiger partial charge in [-0.3, -0.25) is 4.79 Å². The van der Waals surface area contributed by atoms with Crippen LogP contribution >= 0.6 is 0 Å². The van der Waals surface area contributed by atoms with Crippen LogP contribution in [0.3, 0.4) is 0 Å². The first-order valence-corrected chi connectivity index (χ1v) is 11.5. The van der Waals surface area contributed by atoms with Crippen molar-refractivity contribution in [3.63, 3.8) is 0 Å². The van der Waals surface area contributed by atoms with Gasteiger partial charge in [0.1, 0.15) is 0 Å². The number of likely N-dealkylation sites (N-methyl/N-ethyl adjacent to an activating group) is 1. The lowest BCUT2D eigenvalue weighted by Gasteiger charge is -2.32. The van der Waals surface area contributed by atoms with Crippen molar-refractivity contribution in [1.29, 1.82) is 0 Å². The van der Waals surface area contributed by atoms with Gasteiger partial charge in [-0.1, -0.05) is 36.4 Å². The first-order valence-electron chi connectivity index (χ1n) is 11.5. The van der Waals surface area contributed by atoms with E-state index in [1.807, 2.05) is 24.0 Å². The third-order valence-corrected chi connectivity index (χ3v) is 6.46. The van der Waals surface area contributed by atoms with Gasteiger partial charge in [0.25, 0.3) is 5.91 Å². The Morgan fingerprint density at radius 1 is 1.16 bits per heavy atom. The molecule has 160 valence electrons. The zero-order valence-electron chi connectivity index (χ0n) is 18.1. The van der Waals surface area contributed by atoms with Crippen LogP contribution in [0, 0.1) is 0 Å². The molecule has 5 nitrogen and oxygen atoms in total. The van der Waals surface area contributed by atoms with Crippen LogP contribution in [-0.4, -0.2) is 33.4 Å². The highest BCUT2D eigenvalue weighted by atomic mass is 16.2. The Bertz CT molecular complexity index is 1100. The van der Waals surface area contributed by atoms with Gasteiger partial charge in [0.2, 0.25) is 0 Å². The number of benzene rings is 2. The molecular formula is C26H30N4O. The van der Waals surface area contributed by atoms with E-state index in [4.69, 9.17) is 0 Å². The van der Waals surface area contributed by atoms with Gasteiger partial charge in [0.15, 0.2) is 5.82 Å². The third kappa shape index (κ3) is 4.36. The molecule has 1 amide bonds. The minimum Gasteiger partial charge on any atom is -0.384 e. The van der Waals surface area contributed by atoms with Crippen LogP contribution in [0.15, 0.2) is 60.3 Å². The summed E-state index contributed by atoms with van der Waals surface area (Å²) in [5, 5.41) is 3.57. The number of nitrogens with zero attached hydrogens (tertiary/aromatic N) is 2. The number of aromatic nitrogens is 2. The Labute approximate surface area is 183 Å².